The minimum atomic E-state index is -1.06. The summed E-state index contributed by atoms with van der Waals surface area (Å²) in [5, 5.41) is 0.659. The summed E-state index contributed by atoms with van der Waals surface area (Å²) in [7, 11) is 3.81. The van der Waals surface area contributed by atoms with Crippen molar-refractivity contribution in [2.24, 2.45) is 5.41 Å². The second kappa shape index (κ2) is 6.53. The standard InChI is InChI=1S/C27H23ClN2O2/c1-29-16-22(17-11-13-19(28)14-12-17)26(15-18-7-3-4-8-20(18)24(26)31)27(29)21-9-5-6-10-23(21)30(2)25(27)32/h3-14,22H,15-16H2,1-2H3/t22-,26+,27+/m0/s1. The number of halogens is 1. The Balaban J connectivity index is 1.68. The first-order valence-electron chi connectivity index (χ1n) is 10.9. The van der Waals surface area contributed by atoms with Gasteiger partial charge in [0.2, 0.25) is 0 Å². The second-order valence-corrected chi connectivity index (χ2v) is 9.65. The number of likely N-dealkylation sites (N-methyl/N-ethyl adjacent to an activating group) is 2. The zero-order chi connectivity index (χ0) is 22.3. The lowest BCUT2D eigenvalue weighted by atomic mass is 9.59. The van der Waals surface area contributed by atoms with E-state index in [4.69, 9.17) is 11.6 Å². The number of likely N-dealkylation sites (tertiary alicyclic amines) is 1. The van der Waals surface area contributed by atoms with Gasteiger partial charge in [-0.25, -0.2) is 0 Å². The highest BCUT2D eigenvalue weighted by atomic mass is 35.5. The molecule has 0 bridgehead atoms. The quantitative estimate of drug-likeness (QED) is 0.550. The minimum absolute atomic E-state index is 0.0289. The first-order valence-corrected chi connectivity index (χ1v) is 11.3. The maximum Gasteiger partial charge on any atom is 0.253 e. The van der Waals surface area contributed by atoms with Crippen molar-refractivity contribution < 1.29 is 9.59 Å². The number of rotatable bonds is 1. The Bertz CT molecular complexity index is 1290. The van der Waals surface area contributed by atoms with Crippen LogP contribution in [-0.2, 0) is 16.8 Å². The Morgan fingerprint density at radius 1 is 0.906 bits per heavy atom. The van der Waals surface area contributed by atoms with E-state index < -0.39 is 11.0 Å². The third kappa shape index (κ3) is 2.12. The number of ketones is 1. The van der Waals surface area contributed by atoms with Crippen LogP contribution >= 0.6 is 11.6 Å². The monoisotopic (exact) mass is 442 g/mol. The maximum atomic E-state index is 14.4. The van der Waals surface area contributed by atoms with Gasteiger partial charge in [-0.1, -0.05) is 66.2 Å². The van der Waals surface area contributed by atoms with Crippen LogP contribution in [0.25, 0.3) is 0 Å². The second-order valence-electron chi connectivity index (χ2n) is 9.21. The van der Waals surface area contributed by atoms with Gasteiger partial charge in [0.1, 0.15) is 5.54 Å². The average Bonchev–Trinajstić information content (AvgIpc) is 3.34. The summed E-state index contributed by atoms with van der Waals surface area (Å²) in [6, 6.07) is 23.5. The van der Waals surface area contributed by atoms with Crippen molar-refractivity contribution in [2.45, 2.75) is 17.9 Å². The number of amides is 1. The molecule has 1 fully saturated rings. The van der Waals surface area contributed by atoms with E-state index in [1.165, 1.54) is 0 Å². The molecule has 1 saturated heterocycles. The first kappa shape index (κ1) is 19.7. The van der Waals surface area contributed by atoms with Crippen LogP contribution in [0.2, 0.25) is 5.02 Å². The largest absolute Gasteiger partial charge is 0.313 e. The van der Waals surface area contributed by atoms with Crippen molar-refractivity contribution >= 4 is 29.0 Å². The summed E-state index contributed by atoms with van der Waals surface area (Å²) in [6.45, 7) is 0.606. The van der Waals surface area contributed by atoms with Crippen molar-refractivity contribution in [3.05, 3.63) is 100 Å². The zero-order valence-corrected chi connectivity index (χ0v) is 18.8. The van der Waals surface area contributed by atoms with Crippen molar-refractivity contribution in [1.82, 2.24) is 4.90 Å². The van der Waals surface area contributed by atoms with E-state index in [-0.39, 0.29) is 17.6 Å². The van der Waals surface area contributed by atoms with Crippen LogP contribution in [0, 0.1) is 5.41 Å². The molecule has 0 radical (unpaired) electrons. The third-order valence-electron chi connectivity index (χ3n) is 7.95. The topological polar surface area (TPSA) is 40.6 Å². The van der Waals surface area contributed by atoms with Gasteiger partial charge in [0, 0.05) is 41.3 Å². The average molecular weight is 443 g/mol. The van der Waals surface area contributed by atoms with Crippen molar-refractivity contribution in [3.63, 3.8) is 0 Å². The molecule has 2 spiro atoms. The van der Waals surface area contributed by atoms with Gasteiger partial charge in [0.25, 0.3) is 5.91 Å². The summed E-state index contributed by atoms with van der Waals surface area (Å²) in [6.07, 6.45) is 0.535. The molecule has 2 aliphatic heterocycles. The van der Waals surface area contributed by atoms with Crippen molar-refractivity contribution in [3.8, 4) is 0 Å². The highest BCUT2D eigenvalue weighted by molar-refractivity contribution is 6.30. The molecule has 5 heteroatoms. The predicted molar refractivity (Wildman–Crippen MR) is 125 cm³/mol. The Hall–Kier alpha value is -2.95. The van der Waals surface area contributed by atoms with Gasteiger partial charge in [-0.05, 0) is 42.8 Å². The molecule has 6 rings (SSSR count). The van der Waals surface area contributed by atoms with Gasteiger partial charge in [0.15, 0.2) is 5.78 Å². The normalized spacial score (nSPS) is 28.7. The van der Waals surface area contributed by atoms with Crippen LogP contribution in [0.4, 0.5) is 5.69 Å². The van der Waals surface area contributed by atoms with Crippen LogP contribution in [0.15, 0.2) is 72.8 Å². The number of hydrogen-bond donors (Lipinski definition) is 0. The lowest BCUT2D eigenvalue weighted by Gasteiger charge is -2.44. The Morgan fingerprint density at radius 2 is 1.59 bits per heavy atom. The molecule has 3 aromatic rings. The number of carbonyl (C=O) groups excluding carboxylic acids is 2. The molecule has 1 aliphatic carbocycles. The zero-order valence-electron chi connectivity index (χ0n) is 18.0. The van der Waals surface area contributed by atoms with Gasteiger partial charge < -0.3 is 4.90 Å². The molecule has 0 saturated carbocycles. The Morgan fingerprint density at radius 3 is 2.34 bits per heavy atom. The van der Waals surface area contributed by atoms with Gasteiger partial charge >= 0.3 is 0 Å². The van der Waals surface area contributed by atoms with E-state index in [0.717, 1.165) is 27.9 Å². The van der Waals surface area contributed by atoms with E-state index in [1.807, 2.05) is 86.9 Å². The van der Waals surface area contributed by atoms with E-state index >= 15 is 0 Å². The summed E-state index contributed by atoms with van der Waals surface area (Å²) < 4.78 is 0. The molecule has 1 amide bonds. The third-order valence-corrected chi connectivity index (χ3v) is 8.20. The van der Waals surface area contributed by atoms with E-state index in [9.17, 15) is 9.59 Å². The molecule has 160 valence electrons. The maximum absolute atomic E-state index is 14.4. The molecule has 3 aliphatic rings. The fourth-order valence-electron chi connectivity index (χ4n) is 6.67. The number of benzene rings is 3. The molecule has 0 aromatic heterocycles. The van der Waals surface area contributed by atoms with Crippen LogP contribution in [0.1, 0.15) is 33.0 Å². The molecule has 3 aromatic carbocycles. The van der Waals surface area contributed by atoms with Crippen LogP contribution in [-0.4, -0.2) is 37.2 Å². The molecule has 0 unspecified atom stereocenters. The number of carbonyl (C=O) groups is 2. The van der Waals surface area contributed by atoms with Gasteiger partial charge in [-0.3, -0.25) is 14.5 Å². The summed E-state index contributed by atoms with van der Waals surface area (Å²) in [4.78, 5) is 32.5. The molecule has 3 atom stereocenters. The fraction of sp³-hybridized carbons (Fsp3) is 0.259. The lowest BCUT2D eigenvalue weighted by molar-refractivity contribution is -0.132. The highest BCUT2D eigenvalue weighted by Crippen LogP contribution is 2.67. The molecule has 0 N–H and O–H groups in total. The number of Topliss-reactive ketones (excluding diaryl/α,β-unsaturated/α-hetero) is 1. The minimum Gasteiger partial charge on any atom is -0.313 e. The van der Waals surface area contributed by atoms with Crippen LogP contribution in [0.5, 0.6) is 0 Å². The van der Waals surface area contributed by atoms with E-state index in [0.29, 0.717) is 18.0 Å². The molecular formula is C27H23ClN2O2. The number of anilines is 1. The first-order chi connectivity index (χ1) is 15.4. The van der Waals surface area contributed by atoms with Crippen LogP contribution < -0.4 is 4.90 Å². The van der Waals surface area contributed by atoms with Gasteiger partial charge in [0.05, 0.1) is 5.41 Å². The van der Waals surface area contributed by atoms with E-state index in [1.54, 1.807) is 4.90 Å². The predicted octanol–water partition coefficient (Wildman–Crippen LogP) is 4.67. The smallest absolute Gasteiger partial charge is 0.253 e. The Labute approximate surface area is 192 Å². The molecule has 4 nitrogen and oxygen atoms in total. The summed E-state index contributed by atoms with van der Waals surface area (Å²) in [5.41, 5.74) is 2.61. The number of fused-ring (bicyclic) bond motifs is 4. The van der Waals surface area contributed by atoms with Gasteiger partial charge in [-0.15, -0.1) is 0 Å². The van der Waals surface area contributed by atoms with Crippen molar-refractivity contribution in [2.75, 3.05) is 25.5 Å². The summed E-state index contributed by atoms with van der Waals surface area (Å²) in [5.74, 6) is -0.108. The number of nitrogens with zero attached hydrogens (tertiary/aromatic N) is 2. The fourth-order valence-corrected chi connectivity index (χ4v) is 6.80. The summed E-state index contributed by atoms with van der Waals surface area (Å²) >= 11 is 6.19. The highest BCUT2D eigenvalue weighted by Gasteiger charge is 2.75. The Kier molecular flexibility index (Phi) is 4.02. The van der Waals surface area contributed by atoms with E-state index in [2.05, 4.69) is 4.90 Å². The van der Waals surface area contributed by atoms with Crippen LogP contribution in [0.3, 0.4) is 0 Å². The number of para-hydroxylation sites is 1. The molecular weight excluding hydrogens is 420 g/mol. The SMILES string of the molecule is CN1C(=O)[C@@]2(c3ccccc31)N(C)C[C@@H](c1ccc(Cl)cc1)[C@@]21Cc2ccccc2C1=O. The van der Waals surface area contributed by atoms with Crippen molar-refractivity contribution in [1.29, 1.82) is 0 Å². The molecule has 2 heterocycles. The number of hydrogen-bond acceptors (Lipinski definition) is 3. The lowest BCUT2D eigenvalue weighted by Crippen LogP contribution is -2.59. The van der Waals surface area contributed by atoms with Gasteiger partial charge in [-0.2, -0.15) is 0 Å². The molecule has 32 heavy (non-hydrogen) atoms.